The van der Waals surface area contributed by atoms with Crippen molar-refractivity contribution in [3.05, 3.63) is 154 Å². The van der Waals surface area contributed by atoms with Gasteiger partial charge in [-0.3, -0.25) is 19.7 Å². The zero-order valence-electron chi connectivity index (χ0n) is 27.0. The normalized spacial score (nSPS) is 11.9. The third kappa shape index (κ3) is 7.25. The second-order valence-electron chi connectivity index (χ2n) is 12.4. The quantitative estimate of drug-likeness (QED) is 0.113. The summed E-state index contributed by atoms with van der Waals surface area (Å²) in [6, 6.07) is 34.0. The SMILES string of the molecule is CC(C)[C@@H](CN(Cc1cccc2ccccc12)C(=O)c1cccc2ccccc12)NC(=O)Cc1cncn1Cc1ccc([N+](=O)[O-])cc1. The second kappa shape index (κ2) is 14.3. The number of non-ortho nitro benzene ring substituents is 1. The lowest BCUT2D eigenvalue weighted by atomic mass is 9.99. The highest BCUT2D eigenvalue weighted by Gasteiger charge is 2.26. The summed E-state index contributed by atoms with van der Waals surface area (Å²) in [5, 5.41) is 18.3. The van der Waals surface area contributed by atoms with Gasteiger partial charge in [0.15, 0.2) is 0 Å². The Bertz CT molecular complexity index is 2080. The third-order valence-corrected chi connectivity index (χ3v) is 8.76. The molecule has 0 saturated heterocycles. The predicted molar refractivity (Wildman–Crippen MR) is 188 cm³/mol. The molecule has 9 nitrogen and oxygen atoms in total. The summed E-state index contributed by atoms with van der Waals surface area (Å²) in [5.41, 5.74) is 3.25. The lowest BCUT2D eigenvalue weighted by Gasteiger charge is -2.31. The Morgan fingerprint density at radius 3 is 2.21 bits per heavy atom. The highest BCUT2D eigenvalue weighted by molar-refractivity contribution is 6.07. The smallest absolute Gasteiger partial charge is 0.269 e. The number of carbonyl (C=O) groups excluding carboxylic acids is 2. The molecule has 1 heterocycles. The molecule has 6 rings (SSSR count). The van der Waals surface area contributed by atoms with Gasteiger partial charge in [0.2, 0.25) is 5.91 Å². The monoisotopic (exact) mass is 639 g/mol. The van der Waals surface area contributed by atoms with E-state index in [2.05, 4.69) is 34.6 Å². The number of carbonyl (C=O) groups is 2. The van der Waals surface area contributed by atoms with Gasteiger partial charge in [0.05, 0.1) is 17.7 Å². The lowest BCUT2D eigenvalue weighted by Crippen LogP contribution is -2.48. The Kier molecular flexibility index (Phi) is 9.57. The molecule has 9 heteroatoms. The minimum atomic E-state index is -0.430. The van der Waals surface area contributed by atoms with E-state index >= 15 is 0 Å². The van der Waals surface area contributed by atoms with Gasteiger partial charge in [0.1, 0.15) is 0 Å². The van der Waals surface area contributed by atoms with Crippen LogP contribution in [0.1, 0.15) is 41.0 Å². The number of nitrogens with zero attached hydrogens (tertiary/aromatic N) is 4. The summed E-state index contributed by atoms with van der Waals surface area (Å²) in [6.07, 6.45) is 3.40. The summed E-state index contributed by atoms with van der Waals surface area (Å²) >= 11 is 0. The second-order valence-corrected chi connectivity index (χ2v) is 12.4. The van der Waals surface area contributed by atoms with E-state index in [0.717, 1.165) is 32.7 Å². The van der Waals surface area contributed by atoms with Gasteiger partial charge in [-0.25, -0.2) is 4.98 Å². The van der Waals surface area contributed by atoms with Crippen LogP contribution in [-0.2, 0) is 24.3 Å². The number of nitro groups is 1. The van der Waals surface area contributed by atoms with E-state index in [0.29, 0.717) is 30.9 Å². The van der Waals surface area contributed by atoms with Crippen molar-refractivity contribution in [2.24, 2.45) is 5.92 Å². The van der Waals surface area contributed by atoms with E-state index < -0.39 is 4.92 Å². The number of amides is 2. The molecule has 0 unspecified atom stereocenters. The number of imidazole rings is 1. The largest absolute Gasteiger partial charge is 0.351 e. The molecule has 2 amide bonds. The van der Waals surface area contributed by atoms with Crippen LogP contribution in [0.4, 0.5) is 5.69 Å². The predicted octanol–water partition coefficient (Wildman–Crippen LogP) is 7.17. The summed E-state index contributed by atoms with van der Waals surface area (Å²) in [4.78, 5) is 44.7. The molecule has 1 N–H and O–H groups in total. The number of benzene rings is 5. The van der Waals surface area contributed by atoms with Crippen molar-refractivity contribution in [1.82, 2.24) is 19.8 Å². The van der Waals surface area contributed by atoms with Gasteiger partial charge >= 0.3 is 0 Å². The molecule has 0 bridgehead atoms. The fourth-order valence-corrected chi connectivity index (χ4v) is 6.08. The molecule has 0 radical (unpaired) electrons. The van der Waals surface area contributed by atoms with Crippen LogP contribution in [-0.4, -0.2) is 43.8 Å². The van der Waals surface area contributed by atoms with E-state index in [1.54, 1.807) is 24.7 Å². The Hall–Kier alpha value is -5.83. The van der Waals surface area contributed by atoms with Crippen molar-refractivity contribution in [3.8, 4) is 0 Å². The van der Waals surface area contributed by atoms with Crippen molar-refractivity contribution in [2.75, 3.05) is 6.54 Å². The highest BCUT2D eigenvalue weighted by atomic mass is 16.6. The Labute approximate surface area is 279 Å². The van der Waals surface area contributed by atoms with Gasteiger partial charge in [-0.05, 0) is 44.7 Å². The fraction of sp³-hybridized carbons (Fsp3) is 0.205. The zero-order valence-corrected chi connectivity index (χ0v) is 27.0. The van der Waals surface area contributed by atoms with Crippen LogP contribution in [0.2, 0.25) is 0 Å². The average molecular weight is 640 g/mol. The number of aromatic nitrogens is 2. The molecule has 6 aromatic rings. The molecule has 0 aliphatic heterocycles. The number of fused-ring (bicyclic) bond motifs is 2. The van der Waals surface area contributed by atoms with E-state index in [9.17, 15) is 19.7 Å². The number of nitro benzene ring substituents is 1. The van der Waals surface area contributed by atoms with Crippen LogP contribution < -0.4 is 5.32 Å². The zero-order chi connectivity index (χ0) is 33.6. The van der Waals surface area contributed by atoms with Crippen LogP contribution in [0.25, 0.3) is 21.5 Å². The number of hydrogen-bond acceptors (Lipinski definition) is 5. The first-order valence-electron chi connectivity index (χ1n) is 16.0. The van der Waals surface area contributed by atoms with Gasteiger partial charge in [-0.1, -0.05) is 105 Å². The van der Waals surface area contributed by atoms with Crippen molar-refractivity contribution in [2.45, 2.75) is 39.4 Å². The maximum absolute atomic E-state index is 14.4. The Balaban J connectivity index is 1.24. The van der Waals surface area contributed by atoms with Crippen LogP contribution in [0, 0.1) is 16.0 Å². The molecule has 0 fully saturated rings. The maximum atomic E-state index is 14.4. The summed E-state index contributed by atoms with van der Waals surface area (Å²) in [7, 11) is 0. The van der Waals surface area contributed by atoms with Crippen LogP contribution in [0.5, 0.6) is 0 Å². The molecule has 5 aromatic carbocycles. The molecule has 0 aliphatic rings. The molecule has 1 aromatic heterocycles. The van der Waals surface area contributed by atoms with E-state index in [1.165, 1.54) is 12.1 Å². The van der Waals surface area contributed by atoms with Crippen LogP contribution in [0.3, 0.4) is 0 Å². The molecule has 48 heavy (non-hydrogen) atoms. The number of rotatable bonds is 12. The van der Waals surface area contributed by atoms with Gasteiger partial charge in [0.25, 0.3) is 11.6 Å². The Morgan fingerprint density at radius 2 is 1.50 bits per heavy atom. The van der Waals surface area contributed by atoms with Gasteiger partial charge < -0.3 is 14.8 Å². The van der Waals surface area contributed by atoms with Crippen molar-refractivity contribution < 1.29 is 14.5 Å². The molecule has 242 valence electrons. The first-order chi connectivity index (χ1) is 23.3. The van der Waals surface area contributed by atoms with Crippen LogP contribution >= 0.6 is 0 Å². The van der Waals surface area contributed by atoms with Gasteiger partial charge in [-0.15, -0.1) is 0 Å². The topological polar surface area (TPSA) is 110 Å². The number of hydrogen-bond donors (Lipinski definition) is 1. The highest BCUT2D eigenvalue weighted by Crippen LogP contribution is 2.25. The van der Waals surface area contributed by atoms with Gasteiger partial charge in [0, 0.05) is 55.3 Å². The summed E-state index contributed by atoms with van der Waals surface area (Å²) < 4.78 is 1.86. The average Bonchev–Trinajstić information content (AvgIpc) is 3.52. The maximum Gasteiger partial charge on any atom is 0.269 e. The first kappa shape index (κ1) is 32.1. The molecule has 0 aliphatic carbocycles. The lowest BCUT2D eigenvalue weighted by molar-refractivity contribution is -0.384. The first-order valence-corrected chi connectivity index (χ1v) is 16.0. The minimum absolute atomic E-state index is 0.0251. The number of nitrogens with one attached hydrogen (secondary N) is 1. The standard InChI is InChI=1S/C39H37N5O4/c1-27(2)37(41-38(45)21-33-22-40-26-43(33)23-28-17-19-32(20-18-28)44(47)48)25-42(24-31-13-7-11-29-9-3-5-14-34(29)31)39(46)36-16-8-12-30-10-4-6-15-35(30)36/h3-20,22,26-27,37H,21,23-25H2,1-2H3,(H,41,45)/t37-/m1/s1. The van der Waals surface area contributed by atoms with Crippen molar-refractivity contribution in [3.63, 3.8) is 0 Å². The van der Waals surface area contributed by atoms with Crippen molar-refractivity contribution >= 4 is 39.0 Å². The molecular weight excluding hydrogens is 602 g/mol. The molecule has 0 saturated carbocycles. The summed E-state index contributed by atoms with van der Waals surface area (Å²) in [5.74, 6) is -0.239. The van der Waals surface area contributed by atoms with Crippen LogP contribution in [0.15, 0.2) is 122 Å². The summed E-state index contributed by atoms with van der Waals surface area (Å²) in [6.45, 7) is 5.21. The van der Waals surface area contributed by atoms with E-state index in [-0.39, 0.29) is 35.9 Å². The minimum Gasteiger partial charge on any atom is -0.351 e. The van der Waals surface area contributed by atoms with Crippen molar-refractivity contribution in [1.29, 1.82) is 0 Å². The van der Waals surface area contributed by atoms with E-state index in [4.69, 9.17) is 0 Å². The molecule has 0 spiro atoms. The Morgan fingerprint density at radius 1 is 0.854 bits per heavy atom. The molecule has 1 atom stereocenters. The third-order valence-electron chi connectivity index (χ3n) is 8.76. The fourth-order valence-electron chi connectivity index (χ4n) is 6.08. The molecular formula is C39H37N5O4. The van der Waals surface area contributed by atoms with E-state index in [1.807, 2.05) is 84.0 Å². The van der Waals surface area contributed by atoms with Gasteiger partial charge in [-0.2, -0.15) is 0 Å².